The van der Waals surface area contributed by atoms with Crippen molar-refractivity contribution in [2.24, 2.45) is 0 Å². The smallest absolute Gasteiger partial charge is 0.253 e. The molecule has 1 N–H and O–H groups in total. The highest BCUT2D eigenvalue weighted by Gasteiger charge is 2.40. The lowest BCUT2D eigenvalue weighted by Gasteiger charge is -2.45. The maximum absolute atomic E-state index is 13.5. The summed E-state index contributed by atoms with van der Waals surface area (Å²) in [5.41, 5.74) is 3.11. The summed E-state index contributed by atoms with van der Waals surface area (Å²) in [5, 5.41) is 2.79. The fourth-order valence-electron chi connectivity index (χ4n) is 5.02. The molecule has 8 nitrogen and oxygen atoms in total. The van der Waals surface area contributed by atoms with Crippen LogP contribution in [0.3, 0.4) is 0 Å². The number of likely N-dealkylation sites (tertiary alicyclic amines) is 1. The van der Waals surface area contributed by atoms with Gasteiger partial charge in [0.15, 0.2) is 0 Å². The molecular formula is C25H29N5O3. The van der Waals surface area contributed by atoms with Gasteiger partial charge in [0.1, 0.15) is 18.4 Å². The molecule has 2 aromatic rings. The highest BCUT2D eigenvalue weighted by Crippen LogP contribution is 2.40. The molecule has 1 unspecified atom stereocenters. The van der Waals surface area contributed by atoms with E-state index in [2.05, 4.69) is 15.2 Å². The maximum atomic E-state index is 13.5. The van der Waals surface area contributed by atoms with Crippen LogP contribution in [0.4, 0.5) is 17.2 Å². The van der Waals surface area contributed by atoms with Crippen molar-refractivity contribution in [1.82, 2.24) is 9.88 Å². The van der Waals surface area contributed by atoms with E-state index in [0.29, 0.717) is 17.1 Å². The van der Waals surface area contributed by atoms with E-state index in [9.17, 15) is 14.4 Å². The van der Waals surface area contributed by atoms with Gasteiger partial charge in [-0.25, -0.2) is 4.98 Å². The molecule has 0 aliphatic carbocycles. The number of hydrogen-bond donors (Lipinski definition) is 1. The zero-order valence-corrected chi connectivity index (χ0v) is 18.9. The molecule has 0 radical (unpaired) electrons. The minimum absolute atomic E-state index is 0.0169. The standard InChI is InChI=1S/C25H29N5O3/c1-17-7-10-22(26-15-17)27-23(31)16-30-21-14-18(24(32)28-11-4-5-12-28)8-9-19(21)29-13-3-2-6-20(29)25(30)33/h7-10,14-15,20H,2-6,11-13,16H2,1H3,(H,26,27,31). The average molecular weight is 448 g/mol. The Morgan fingerprint density at radius 3 is 2.58 bits per heavy atom. The lowest BCUT2D eigenvalue weighted by Crippen LogP contribution is -2.56. The molecule has 0 spiro atoms. The highest BCUT2D eigenvalue weighted by molar-refractivity contribution is 6.11. The minimum atomic E-state index is -0.314. The molecule has 1 atom stereocenters. The second-order valence-corrected chi connectivity index (χ2v) is 9.10. The fraction of sp³-hybridized carbons (Fsp3) is 0.440. The third kappa shape index (κ3) is 4.17. The van der Waals surface area contributed by atoms with Gasteiger partial charge in [-0.15, -0.1) is 0 Å². The van der Waals surface area contributed by atoms with Crippen LogP contribution >= 0.6 is 0 Å². The first-order chi connectivity index (χ1) is 16.0. The number of carbonyl (C=O) groups excluding carboxylic acids is 3. The van der Waals surface area contributed by atoms with Crippen LogP contribution in [-0.4, -0.2) is 59.8 Å². The Balaban J connectivity index is 1.45. The molecule has 33 heavy (non-hydrogen) atoms. The molecule has 2 fully saturated rings. The molecule has 0 saturated carbocycles. The number of pyridine rings is 1. The fourth-order valence-corrected chi connectivity index (χ4v) is 5.02. The second-order valence-electron chi connectivity index (χ2n) is 9.10. The van der Waals surface area contributed by atoms with Crippen LogP contribution in [-0.2, 0) is 9.59 Å². The Labute approximate surface area is 193 Å². The SMILES string of the molecule is Cc1ccc(NC(=O)CN2C(=O)C3CCCCN3c3ccc(C(=O)N4CCCC4)cc32)nc1. The molecule has 2 saturated heterocycles. The normalized spacial score (nSPS) is 19.8. The molecule has 5 rings (SSSR count). The van der Waals surface area contributed by atoms with E-state index in [1.165, 1.54) is 0 Å². The largest absolute Gasteiger partial charge is 0.358 e. The Morgan fingerprint density at radius 1 is 1.03 bits per heavy atom. The van der Waals surface area contributed by atoms with Crippen molar-refractivity contribution >= 4 is 34.9 Å². The average Bonchev–Trinajstić information content (AvgIpc) is 3.37. The van der Waals surface area contributed by atoms with Crippen molar-refractivity contribution < 1.29 is 14.4 Å². The second kappa shape index (κ2) is 8.84. The van der Waals surface area contributed by atoms with Gasteiger partial charge in [0, 0.05) is 31.4 Å². The molecule has 3 aliphatic heterocycles. The number of nitrogens with zero attached hydrogens (tertiary/aromatic N) is 4. The Bertz CT molecular complexity index is 1080. The van der Waals surface area contributed by atoms with E-state index in [0.717, 1.165) is 63.0 Å². The van der Waals surface area contributed by atoms with Crippen molar-refractivity contribution in [3.8, 4) is 0 Å². The predicted molar refractivity (Wildman–Crippen MR) is 127 cm³/mol. The zero-order valence-electron chi connectivity index (χ0n) is 18.9. The van der Waals surface area contributed by atoms with Crippen LogP contribution in [0.5, 0.6) is 0 Å². The van der Waals surface area contributed by atoms with E-state index >= 15 is 0 Å². The van der Waals surface area contributed by atoms with Crippen LogP contribution in [0.2, 0.25) is 0 Å². The molecule has 4 heterocycles. The van der Waals surface area contributed by atoms with Crippen LogP contribution < -0.4 is 15.1 Å². The lowest BCUT2D eigenvalue weighted by molar-refractivity contribution is -0.123. The molecule has 3 amide bonds. The summed E-state index contributed by atoms with van der Waals surface area (Å²) in [5.74, 6) is 0.0375. The summed E-state index contributed by atoms with van der Waals surface area (Å²) in [4.78, 5) is 49.1. The summed E-state index contributed by atoms with van der Waals surface area (Å²) < 4.78 is 0. The number of amides is 3. The van der Waals surface area contributed by atoms with Crippen molar-refractivity contribution in [3.63, 3.8) is 0 Å². The highest BCUT2D eigenvalue weighted by atomic mass is 16.2. The van der Waals surface area contributed by atoms with Gasteiger partial charge in [-0.3, -0.25) is 19.3 Å². The molecule has 172 valence electrons. The van der Waals surface area contributed by atoms with E-state index < -0.39 is 0 Å². The van der Waals surface area contributed by atoms with Crippen LogP contribution in [0.1, 0.15) is 48.0 Å². The number of benzene rings is 1. The van der Waals surface area contributed by atoms with Gasteiger partial charge in [0.05, 0.1) is 11.4 Å². The first-order valence-electron chi connectivity index (χ1n) is 11.7. The molecule has 0 bridgehead atoms. The lowest BCUT2D eigenvalue weighted by atomic mass is 9.95. The Kier molecular flexibility index (Phi) is 5.74. The number of carbonyl (C=O) groups is 3. The topological polar surface area (TPSA) is 85.8 Å². The van der Waals surface area contributed by atoms with Crippen molar-refractivity contribution in [2.45, 2.75) is 45.1 Å². The molecule has 8 heteroatoms. The maximum Gasteiger partial charge on any atom is 0.253 e. The van der Waals surface area contributed by atoms with Gasteiger partial charge in [-0.05, 0) is 68.9 Å². The summed E-state index contributed by atoms with van der Waals surface area (Å²) in [6.07, 6.45) is 6.50. The zero-order chi connectivity index (χ0) is 22.9. The first kappa shape index (κ1) is 21.4. The number of rotatable bonds is 4. The third-order valence-electron chi connectivity index (χ3n) is 6.75. The van der Waals surface area contributed by atoms with Gasteiger partial charge < -0.3 is 15.1 Å². The molecular weight excluding hydrogens is 418 g/mol. The van der Waals surface area contributed by atoms with Gasteiger partial charge in [0.2, 0.25) is 11.8 Å². The number of aromatic nitrogens is 1. The monoisotopic (exact) mass is 447 g/mol. The summed E-state index contributed by atoms with van der Waals surface area (Å²) >= 11 is 0. The van der Waals surface area contributed by atoms with Crippen LogP contribution in [0.15, 0.2) is 36.5 Å². The number of anilines is 3. The number of hydrogen-bond acceptors (Lipinski definition) is 5. The van der Waals surface area contributed by atoms with Crippen molar-refractivity contribution in [3.05, 3.63) is 47.7 Å². The van der Waals surface area contributed by atoms with E-state index in [-0.39, 0.29) is 30.3 Å². The Hall–Kier alpha value is -3.42. The van der Waals surface area contributed by atoms with E-state index in [4.69, 9.17) is 0 Å². The van der Waals surface area contributed by atoms with Gasteiger partial charge in [0.25, 0.3) is 5.91 Å². The van der Waals surface area contributed by atoms with Gasteiger partial charge in [-0.1, -0.05) is 6.07 Å². The summed E-state index contributed by atoms with van der Waals surface area (Å²) in [7, 11) is 0. The Morgan fingerprint density at radius 2 is 1.82 bits per heavy atom. The van der Waals surface area contributed by atoms with Crippen LogP contribution in [0, 0.1) is 6.92 Å². The summed E-state index contributed by atoms with van der Waals surface area (Å²) in [6, 6.07) is 8.94. The molecule has 1 aromatic carbocycles. The van der Waals surface area contributed by atoms with E-state index in [1.54, 1.807) is 23.2 Å². The quantitative estimate of drug-likeness (QED) is 0.779. The van der Waals surface area contributed by atoms with Crippen LogP contribution in [0.25, 0.3) is 0 Å². The first-order valence-corrected chi connectivity index (χ1v) is 11.7. The van der Waals surface area contributed by atoms with Gasteiger partial charge >= 0.3 is 0 Å². The third-order valence-corrected chi connectivity index (χ3v) is 6.75. The minimum Gasteiger partial charge on any atom is -0.358 e. The number of nitrogens with one attached hydrogen (secondary N) is 1. The number of fused-ring (bicyclic) bond motifs is 3. The van der Waals surface area contributed by atoms with Crippen molar-refractivity contribution in [2.75, 3.05) is 41.3 Å². The number of aryl methyl sites for hydroxylation is 1. The number of piperidine rings is 1. The molecule has 3 aliphatic rings. The van der Waals surface area contributed by atoms with Crippen molar-refractivity contribution in [1.29, 1.82) is 0 Å². The predicted octanol–water partition coefficient (Wildman–Crippen LogP) is 2.97. The van der Waals surface area contributed by atoms with Gasteiger partial charge in [-0.2, -0.15) is 0 Å². The molecule has 1 aromatic heterocycles. The van der Waals surface area contributed by atoms with E-state index in [1.807, 2.05) is 30.0 Å². The summed E-state index contributed by atoms with van der Waals surface area (Å²) in [6.45, 7) is 4.14.